The van der Waals surface area contributed by atoms with Gasteiger partial charge in [0.1, 0.15) is 11.5 Å². The van der Waals surface area contributed by atoms with Gasteiger partial charge < -0.3 is 4.42 Å². The molecule has 0 aliphatic carbocycles. The minimum atomic E-state index is 0.855. The smallest absolute Gasteiger partial charge is 0.149 e. The van der Waals surface area contributed by atoms with Crippen molar-refractivity contribution >= 4 is 15.9 Å². The van der Waals surface area contributed by atoms with Crippen LogP contribution in [0.1, 0.15) is 0 Å². The first-order valence-electron chi connectivity index (χ1n) is 7.83. The first kappa shape index (κ1) is 15.0. The molecule has 4 rings (SSSR count). The lowest BCUT2D eigenvalue weighted by Crippen LogP contribution is -1.80. The van der Waals surface area contributed by atoms with Crippen molar-refractivity contribution in [3.8, 4) is 33.8 Å². The lowest BCUT2D eigenvalue weighted by Gasteiger charge is -2.03. The normalized spacial score (nSPS) is 10.7. The molecule has 0 amide bonds. The average molecular weight is 375 g/mol. The highest BCUT2D eigenvalue weighted by Crippen LogP contribution is 2.45. The summed E-state index contributed by atoms with van der Waals surface area (Å²) in [5.74, 6) is 1.74. The van der Waals surface area contributed by atoms with Gasteiger partial charge in [-0.25, -0.2) is 0 Å². The zero-order valence-corrected chi connectivity index (χ0v) is 14.5. The molecule has 0 radical (unpaired) electrons. The summed E-state index contributed by atoms with van der Waals surface area (Å²) in [6.07, 6.45) is 0. The van der Waals surface area contributed by atoms with E-state index in [-0.39, 0.29) is 0 Å². The Bertz CT molecular complexity index is 941. The van der Waals surface area contributed by atoms with Gasteiger partial charge in [0, 0.05) is 16.7 Å². The van der Waals surface area contributed by atoms with Crippen molar-refractivity contribution in [1.82, 2.24) is 0 Å². The molecule has 2 heteroatoms. The fourth-order valence-electron chi connectivity index (χ4n) is 2.84. The highest BCUT2D eigenvalue weighted by Gasteiger charge is 2.21. The number of hydrogen-bond acceptors (Lipinski definition) is 1. The maximum Gasteiger partial charge on any atom is 0.149 e. The van der Waals surface area contributed by atoms with Crippen LogP contribution in [0.2, 0.25) is 0 Å². The summed E-state index contributed by atoms with van der Waals surface area (Å²) in [6, 6.07) is 30.7. The summed E-state index contributed by atoms with van der Waals surface area (Å²) >= 11 is 3.78. The fraction of sp³-hybridized carbons (Fsp3) is 0. The topological polar surface area (TPSA) is 13.1 Å². The van der Waals surface area contributed by atoms with Gasteiger partial charge in [-0.1, -0.05) is 91.0 Å². The maximum absolute atomic E-state index is 6.33. The summed E-state index contributed by atoms with van der Waals surface area (Å²) in [7, 11) is 0. The van der Waals surface area contributed by atoms with Gasteiger partial charge in [0.15, 0.2) is 0 Å². The van der Waals surface area contributed by atoms with Crippen molar-refractivity contribution in [2.75, 3.05) is 0 Å². The summed E-state index contributed by atoms with van der Waals surface area (Å²) in [5, 5.41) is 0. The van der Waals surface area contributed by atoms with Crippen LogP contribution in [0.5, 0.6) is 0 Å². The quantitative estimate of drug-likeness (QED) is 0.374. The van der Waals surface area contributed by atoms with Gasteiger partial charge in [-0.15, -0.1) is 0 Å². The molecular formula is C22H15BrO. The molecule has 116 valence electrons. The molecule has 1 aromatic heterocycles. The van der Waals surface area contributed by atoms with Gasteiger partial charge >= 0.3 is 0 Å². The van der Waals surface area contributed by atoms with Crippen molar-refractivity contribution in [2.45, 2.75) is 0 Å². The Labute approximate surface area is 149 Å². The van der Waals surface area contributed by atoms with E-state index in [9.17, 15) is 0 Å². The van der Waals surface area contributed by atoms with Crippen LogP contribution < -0.4 is 0 Å². The number of hydrogen-bond donors (Lipinski definition) is 0. The van der Waals surface area contributed by atoms with Gasteiger partial charge in [-0.3, -0.25) is 0 Å². The van der Waals surface area contributed by atoms with Gasteiger partial charge in [0.2, 0.25) is 0 Å². The molecule has 0 spiro atoms. The van der Waals surface area contributed by atoms with Crippen molar-refractivity contribution in [2.24, 2.45) is 0 Å². The van der Waals surface area contributed by atoms with E-state index in [4.69, 9.17) is 4.42 Å². The Morgan fingerprint density at radius 3 is 1.42 bits per heavy atom. The molecule has 3 aromatic carbocycles. The molecule has 1 heterocycles. The standard InChI is InChI=1S/C22H15BrO/c23-20-19(16-10-4-1-5-11-16)21(17-12-6-2-7-13-17)24-22(20)18-14-8-3-9-15-18/h1-15H. The number of furan rings is 1. The van der Waals surface area contributed by atoms with E-state index in [0.29, 0.717) is 0 Å². The van der Waals surface area contributed by atoms with Gasteiger partial charge in [-0.2, -0.15) is 0 Å². The van der Waals surface area contributed by atoms with E-state index in [0.717, 1.165) is 38.2 Å². The van der Waals surface area contributed by atoms with E-state index < -0.39 is 0 Å². The van der Waals surface area contributed by atoms with Crippen LogP contribution in [0.4, 0.5) is 0 Å². The second kappa shape index (κ2) is 6.50. The molecule has 1 nitrogen and oxygen atoms in total. The van der Waals surface area contributed by atoms with Crippen LogP contribution in [-0.2, 0) is 0 Å². The van der Waals surface area contributed by atoms with Crippen LogP contribution in [0.25, 0.3) is 33.8 Å². The van der Waals surface area contributed by atoms with Gasteiger partial charge in [-0.05, 0) is 21.5 Å². The Kier molecular flexibility index (Phi) is 4.06. The molecule has 0 saturated carbocycles. The zero-order valence-electron chi connectivity index (χ0n) is 12.9. The highest BCUT2D eigenvalue weighted by molar-refractivity contribution is 9.10. The van der Waals surface area contributed by atoms with E-state index in [1.807, 2.05) is 54.6 Å². The molecule has 0 aliphatic heterocycles. The third kappa shape index (κ3) is 2.70. The molecule has 0 N–H and O–H groups in total. The van der Waals surface area contributed by atoms with E-state index in [2.05, 4.69) is 52.3 Å². The number of rotatable bonds is 3. The van der Waals surface area contributed by atoms with Gasteiger partial charge in [0.25, 0.3) is 0 Å². The summed E-state index contributed by atoms with van der Waals surface area (Å²) in [5.41, 5.74) is 4.35. The lowest BCUT2D eigenvalue weighted by atomic mass is 10.0. The summed E-state index contributed by atoms with van der Waals surface area (Å²) < 4.78 is 7.31. The van der Waals surface area contributed by atoms with E-state index >= 15 is 0 Å². The number of halogens is 1. The minimum Gasteiger partial charge on any atom is -0.454 e. The Hall–Kier alpha value is -2.58. The molecule has 0 atom stereocenters. The Morgan fingerprint density at radius 2 is 0.917 bits per heavy atom. The molecule has 0 aliphatic rings. The second-order valence-electron chi connectivity index (χ2n) is 5.55. The van der Waals surface area contributed by atoms with Crippen LogP contribution >= 0.6 is 15.9 Å². The first-order valence-corrected chi connectivity index (χ1v) is 8.62. The predicted molar refractivity (Wildman–Crippen MR) is 103 cm³/mol. The van der Waals surface area contributed by atoms with Gasteiger partial charge in [0.05, 0.1) is 4.47 Å². The molecule has 0 fully saturated rings. The second-order valence-corrected chi connectivity index (χ2v) is 6.34. The van der Waals surface area contributed by atoms with Crippen molar-refractivity contribution < 1.29 is 4.42 Å². The summed E-state index contributed by atoms with van der Waals surface area (Å²) in [4.78, 5) is 0. The van der Waals surface area contributed by atoms with Crippen LogP contribution in [-0.4, -0.2) is 0 Å². The molecule has 0 saturated heterocycles. The monoisotopic (exact) mass is 374 g/mol. The highest BCUT2D eigenvalue weighted by atomic mass is 79.9. The SMILES string of the molecule is Brc1c(-c2ccccc2)oc(-c2ccccc2)c1-c1ccccc1. The summed E-state index contributed by atoms with van der Waals surface area (Å²) in [6.45, 7) is 0. The molecule has 24 heavy (non-hydrogen) atoms. The average Bonchev–Trinajstić information content (AvgIpc) is 3.01. The molecule has 0 unspecified atom stereocenters. The van der Waals surface area contributed by atoms with Crippen LogP contribution in [0, 0.1) is 0 Å². The Balaban J connectivity index is 1.99. The van der Waals surface area contributed by atoms with E-state index in [1.54, 1.807) is 0 Å². The van der Waals surface area contributed by atoms with Crippen molar-refractivity contribution in [1.29, 1.82) is 0 Å². The zero-order chi connectivity index (χ0) is 16.4. The maximum atomic E-state index is 6.33. The molecular weight excluding hydrogens is 360 g/mol. The van der Waals surface area contributed by atoms with Crippen LogP contribution in [0.15, 0.2) is 99.9 Å². The molecule has 4 aromatic rings. The predicted octanol–water partition coefficient (Wildman–Crippen LogP) is 7.04. The first-order chi connectivity index (χ1) is 11.8. The molecule has 0 bridgehead atoms. The van der Waals surface area contributed by atoms with Crippen molar-refractivity contribution in [3.63, 3.8) is 0 Å². The van der Waals surface area contributed by atoms with Crippen LogP contribution in [0.3, 0.4) is 0 Å². The largest absolute Gasteiger partial charge is 0.454 e. The lowest BCUT2D eigenvalue weighted by molar-refractivity contribution is 0.597. The fourth-order valence-corrected chi connectivity index (χ4v) is 3.56. The van der Waals surface area contributed by atoms with Crippen molar-refractivity contribution in [3.05, 3.63) is 95.5 Å². The third-order valence-electron chi connectivity index (χ3n) is 3.98. The minimum absolute atomic E-state index is 0.855. The third-order valence-corrected chi connectivity index (χ3v) is 4.74. The Morgan fingerprint density at radius 1 is 0.500 bits per heavy atom. The van der Waals surface area contributed by atoms with E-state index in [1.165, 1.54) is 0 Å². The number of benzene rings is 3.